The number of halogens is 3. The zero-order chi connectivity index (χ0) is 6.08. The molecule has 0 aromatic carbocycles. The molecule has 1 N–H and O–H groups in total. The number of alkyl halides is 3. The van der Waals surface area contributed by atoms with Crippen molar-refractivity contribution >= 4 is 64.7 Å². The molecule has 0 bridgehead atoms. The van der Waals surface area contributed by atoms with Crippen LogP contribution in [0.2, 0.25) is 0 Å². The summed E-state index contributed by atoms with van der Waals surface area (Å²) in [5, 5.41) is 7.85. The molecule has 0 amide bonds. The van der Waals surface area contributed by atoms with Crippen LogP contribution in [0.25, 0.3) is 0 Å². The molecule has 0 saturated carbocycles. The molecule has 6 heteroatoms. The Morgan fingerprint density at radius 3 is 1.50 bits per heavy atom. The molecule has 0 saturated heterocycles. The fourth-order valence-corrected chi connectivity index (χ4v) is 0. The summed E-state index contributed by atoms with van der Waals surface area (Å²) in [6, 6.07) is 0. The molecule has 0 aromatic heterocycles. The van der Waals surface area contributed by atoms with Gasteiger partial charge in [0, 0.05) is 0 Å². The van der Waals surface area contributed by atoms with E-state index in [9.17, 15) is 4.79 Å². The minimum absolute atomic E-state index is 0. The van der Waals surface area contributed by atoms with Crippen molar-refractivity contribution in [3.05, 3.63) is 0 Å². The number of rotatable bonds is 0. The maximum absolute atomic E-state index is 9.62. The second-order valence-corrected chi connectivity index (χ2v) is 3.08. The molecule has 0 unspecified atom stereocenters. The number of hydrogen-bond acceptors (Lipinski definition) is 1. The number of hydrogen-bond donors (Lipinski definition) is 1. The zero-order valence-electron chi connectivity index (χ0n) is 3.70. The molecule has 8 heavy (non-hydrogen) atoms. The first-order chi connectivity index (χ1) is 2.94. The average molecular weight is 284 g/mol. The zero-order valence-corrected chi connectivity index (χ0v) is 10.0. The van der Waals surface area contributed by atoms with Crippen molar-refractivity contribution in [3.63, 3.8) is 0 Å². The second-order valence-electron chi connectivity index (χ2n) is 0.803. The Hall–Kier alpha value is 1.14. The van der Waals surface area contributed by atoms with Gasteiger partial charge in [0.25, 0.3) is 3.79 Å². The Balaban J connectivity index is 0. The Morgan fingerprint density at radius 1 is 1.38 bits per heavy atom. The maximum atomic E-state index is 9.62. The van der Waals surface area contributed by atoms with Crippen molar-refractivity contribution in [1.29, 1.82) is 0 Å². The van der Waals surface area contributed by atoms with Crippen LogP contribution in [0.4, 0.5) is 0 Å². The van der Waals surface area contributed by atoms with E-state index in [0.29, 0.717) is 0 Å². The molecule has 0 fully saturated rings. The van der Waals surface area contributed by atoms with Gasteiger partial charge in [-0.3, -0.25) is 0 Å². The van der Waals surface area contributed by atoms with E-state index in [4.69, 9.17) is 39.9 Å². The van der Waals surface area contributed by atoms with E-state index in [-0.39, 0.29) is 23.9 Å². The van der Waals surface area contributed by atoms with E-state index < -0.39 is 9.76 Å². The van der Waals surface area contributed by atoms with Gasteiger partial charge >= 0.3 is 29.9 Å². The van der Waals surface area contributed by atoms with Crippen LogP contribution < -0.4 is 0 Å². The first-order valence-electron chi connectivity index (χ1n) is 1.24. The topological polar surface area (TPSA) is 37.3 Å². The van der Waals surface area contributed by atoms with Crippen molar-refractivity contribution in [2.75, 3.05) is 0 Å². The standard InChI is InChI=1S/C2HCl3O2.Sn.2H/c3-2(4,5)1(6)7;;;/h(H,6,7);;;. The van der Waals surface area contributed by atoms with Gasteiger partial charge < -0.3 is 5.11 Å². The van der Waals surface area contributed by atoms with Crippen LogP contribution in [0.15, 0.2) is 0 Å². The third-order valence-corrected chi connectivity index (χ3v) is 0.728. The molecule has 0 rings (SSSR count). The van der Waals surface area contributed by atoms with Crippen LogP contribution in [-0.2, 0) is 4.79 Å². The quantitative estimate of drug-likeness (QED) is 0.520. The Morgan fingerprint density at radius 2 is 1.50 bits per heavy atom. The van der Waals surface area contributed by atoms with Gasteiger partial charge in [-0.2, -0.15) is 0 Å². The SMILES string of the molecule is O=C(O)C(Cl)(Cl)Cl.[SnH2]. The molecule has 0 aliphatic carbocycles. The van der Waals surface area contributed by atoms with Gasteiger partial charge in [-0.05, 0) is 0 Å². The van der Waals surface area contributed by atoms with E-state index >= 15 is 0 Å². The van der Waals surface area contributed by atoms with Gasteiger partial charge in [-0.1, -0.05) is 34.8 Å². The summed E-state index contributed by atoms with van der Waals surface area (Å²) in [6.45, 7) is 0. The van der Waals surface area contributed by atoms with E-state index in [1.807, 2.05) is 0 Å². The third kappa shape index (κ3) is 5.28. The molecule has 0 spiro atoms. The van der Waals surface area contributed by atoms with Crippen LogP contribution in [0.3, 0.4) is 0 Å². The fourth-order valence-electron chi connectivity index (χ4n) is 0. The van der Waals surface area contributed by atoms with Crippen LogP contribution >= 0.6 is 34.8 Å². The van der Waals surface area contributed by atoms with E-state index in [1.54, 1.807) is 0 Å². The minimum atomic E-state index is -2.17. The van der Waals surface area contributed by atoms with E-state index in [1.165, 1.54) is 0 Å². The molecular weight excluding hydrogens is 281 g/mol. The van der Waals surface area contributed by atoms with E-state index in [0.717, 1.165) is 0 Å². The summed E-state index contributed by atoms with van der Waals surface area (Å²) in [7, 11) is 0. The van der Waals surface area contributed by atoms with Crippen molar-refractivity contribution < 1.29 is 9.90 Å². The van der Waals surface area contributed by atoms with E-state index in [2.05, 4.69) is 0 Å². The Bertz CT molecular complexity index is 87.8. The molecule has 0 aliphatic heterocycles. The molecule has 0 aromatic rings. The van der Waals surface area contributed by atoms with Crippen LogP contribution in [-0.4, -0.2) is 38.8 Å². The van der Waals surface area contributed by atoms with Gasteiger partial charge in [0.1, 0.15) is 0 Å². The second kappa shape index (κ2) is 4.03. The monoisotopic (exact) mass is 284 g/mol. The normalized spacial score (nSPS) is 9.88. The number of carboxylic acid groups (broad SMARTS) is 1. The number of carbonyl (C=O) groups is 1. The predicted molar refractivity (Wildman–Crippen MR) is 36.5 cm³/mol. The van der Waals surface area contributed by atoms with Crippen molar-refractivity contribution in [1.82, 2.24) is 0 Å². The summed E-state index contributed by atoms with van der Waals surface area (Å²) >= 11 is 14.4. The molecule has 0 heterocycles. The number of carboxylic acids is 1. The fraction of sp³-hybridized carbons (Fsp3) is 0.500. The van der Waals surface area contributed by atoms with Crippen LogP contribution in [0, 0.1) is 0 Å². The number of aliphatic carboxylic acids is 1. The summed E-state index contributed by atoms with van der Waals surface area (Å²) in [5.41, 5.74) is 0. The molecule has 2 radical (unpaired) electrons. The first-order valence-corrected chi connectivity index (χ1v) is 2.38. The van der Waals surface area contributed by atoms with Gasteiger partial charge in [0.05, 0.1) is 0 Å². The summed E-state index contributed by atoms with van der Waals surface area (Å²) < 4.78 is -2.17. The molecule has 0 aliphatic rings. The summed E-state index contributed by atoms with van der Waals surface area (Å²) in [6.07, 6.45) is 0. The van der Waals surface area contributed by atoms with Crippen LogP contribution in [0.5, 0.6) is 0 Å². The van der Waals surface area contributed by atoms with Crippen molar-refractivity contribution in [2.24, 2.45) is 0 Å². The average Bonchev–Trinajstić information content (AvgIpc) is 1.31. The van der Waals surface area contributed by atoms with Gasteiger partial charge in [-0.25, -0.2) is 4.79 Å². The Kier molecular flexibility index (Phi) is 5.99. The Labute approximate surface area is 78.0 Å². The molecule has 2 nitrogen and oxygen atoms in total. The van der Waals surface area contributed by atoms with Crippen molar-refractivity contribution in [3.8, 4) is 0 Å². The van der Waals surface area contributed by atoms with Gasteiger partial charge in [-0.15, -0.1) is 0 Å². The molecule has 48 valence electrons. The van der Waals surface area contributed by atoms with Gasteiger partial charge in [0.15, 0.2) is 0 Å². The van der Waals surface area contributed by atoms with Crippen LogP contribution in [0.1, 0.15) is 0 Å². The predicted octanol–water partition coefficient (Wildman–Crippen LogP) is 0.525. The molecular formula is C2H3Cl3O2Sn. The van der Waals surface area contributed by atoms with Gasteiger partial charge in [0.2, 0.25) is 0 Å². The molecule has 0 atom stereocenters. The third-order valence-electron chi connectivity index (χ3n) is 0.243. The first kappa shape index (κ1) is 11.9. The summed E-state index contributed by atoms with van der Waals surface area (Å²) in [5.74, 6) is -1.46. The summed E-state index contributed by atoms with van der Waals surface area (Å²) in [4.78, 5) is 9.62. The van der Waals surface area contributed by atoms with Crippen molar-refractivity contribution in [2.45, 2.75) is 3.79 Å².